The standard InChI is InChI=1S/C20H17BrN2O3/c1-13(26-19-8-4-6-14-5-2-3-7-17(14)19)20(25)23-22-12-15-11-16(21)9-10-18(15)24/h2-13,24H,1H3,(H,23,25)/b22-12-/t13-/m0/s1. The lowest BCUT2D eigenvalue weighted by molar-refractivity contribution is -0.127. The molecule has 3 aromatic carbocycles. The van der Waals surface area contributed by atoms with Gasteiger partial charge < -0.3 is 9.84 Å². The quantitative estimate of drug-likeness (QED) is 0.486. The lowest BCUT2D eigenvalue weighted by Gasteiger charge is -2.14. The molecule has 1 atom stereocenters. The van der Waals surface area contributed by atoms with Crippen molar-refractivity contribution in [1.29, 1.82) is 0 Å². The molecule has 2 N–H and O–H groups in total. The van der Waals surface area contributed by atoms with E-state index in [1.54, 1.807) is 25.1 Å². The van der Waals surface area contributed by atoms with Gasteiger partial charge in [-0.2, -0.15) is 5.10 Å². The highest BCUT2D eigenvalue weighted by atomic mass is 79.9. The minimum atomic E-state index is -0.728. The number of amides is 1. The molecule has 132 valence electrons. The number of nitrogens with zero attached hydrogens (tertiary/aromatic N) is 1. The Bertz CT molecular complexity index is 967. The molecule has 0 bridgehead atoms. The Kier molecular flexibility index (Phi) is 5.53. The first-order chi connectivity index (χ1) is 12.5. The second-order valence-corrected chi connectivity index (χ2v) is 6.59. The summed E-state index contributed by atoms with van der Waals surface area (Å²) in [4.78, 5) is 12.2. The van der Waals surface area contributed by atoms with Crippen molar-refractivity contribution >= 4 is 38.8 Å². The Morgan fingerprint density at radius 2 is 1.96 bits per heavy atom. The number of phenols is 1. The van der Waals surface area contributed by atoms with Crippen LogP contribution < -0.4 is 10.2 Å². The van der Waals surface area contributed by atoms with Crippen LogP contribution >= 0.6 is 15.9 Å². The van der Waals surface area contributed by atoms with E-state index in [4.69, 9.17) is 4.74 Å². The van der Waals surface area contributed by atoms with Gasteiger partial charge in [0.2, 0.25) is 0 Å². The molecule has 0 aliphatic rings. The number of carbonyl (C=O) groups excluding carboxylic acids is 1. The average molecular weight is 413 g/mol. The van der Waals surface area contributed by atoms with E-state index in [1.165, 1.54) is 6.21 Å². The third-order valence-electron chi connectivity index (χ3n) is 3.79. The molecule has 0 aliphatic carbocycles. The molecule has 0 spiro atoms. The molecule has 5 nitrogen and oxygen atoms in total. The molecule has 0 fully saturated rings. The normalized spacial score (nSPS) is 12.2. The monoisotopic (exact) mass is 412 g/mol. The van der Waals surface area contributed by atoms with Crippen molar-refractivity contribution in [2.75, 3.05) is 0 Å². The first kappa shape index (κ1) is 17.9. The molecule has 0 saturated heterocycles. The molecule has 0 unspecified atom stereocenters. The van der Waals surface area contributed by atoms with E-state index in [9.17, 15) is 9.90 Å². The van der Waals surface area contributed by atoms with Crippen molar-refractivity contribution in [3.05, 3.63) is 70.7 Å². The van der Waals surface area contributed by atoms with Crippen LogP contribution in [-0.2, 0) is 4.79 Å². The van der Waals surface area contributed by atoms with Gasteiger partial charge in [0.1, 0.15) is 11.5 Å². The zero-order valence-electron chi connectivity index (χ0n) is 14.0. The number of nitrogens with one attached hydrogen (secondary N) is 1. The van der Waals surface area contributed by atoms with Crippen molar-refractivity contribution in [3.63, 3.8) is 0 Å². The van der Waals surface area contributed by atoms with Crippen molar-refractivity contribution in [3.8, 4) is 11.5 Å². The van der Waals surface area contributed by atoms with Crippen LogP contribution in [0, 0.1) is 0 Å². The van der Waals surface area contributed by atoms with E-state index >= 15 is 0 Å². The lowest BCUT2D eigenvalue weighted by atomic mass is 10.1. The van der Waals surface area contributed by atoms with E-state index in [0.29, 0.717) is 11.3 Å². The summed E-state index contributed by atoms with van der Waals surface area (Å²) in [5.41, 5.74) is 2.91. The number of hydrogen-bond donors (Lipinski definition) is 2. The van der Waals surface area contributed by atoms with Gasteiger partial charge in [-0.1, -0.05) is 52.3 Å². The molecule has 26 heavy (non-hydrogen) atoms. The Labute approximate surface area is 159 Å². The van der Waals surface area contributed by atoms with Gasteiger partial charge in [-0.05, 0) is 36.6 Å². The molecule has 6 heteroatoms. The SMILES string of the molecule is C[C@H](Oc1cccc2ccccc12)C(=O)N/N=C\c1cc(Br)ccc1O. The summed E-state index contributed by atoms with van der Waals surface area (Å²) in [5, 5.41) is 15.6. The number of ether oxygens (including phenoxy) is 1. The average Bonchev–Trinajstić information content (AvgIpc) is 2.64. The third kappa shape index (κ3) is 4.21. The molecular formula is C20H17BrN2O3. The van der Waals surface area contributed by atoms with E-state index in [2.05, 4.69) is 26.5 Å². The van der Waals surface area contributed by atoms with Gasteiger partial charge in [0, 0.05) is 15.4 Å². The molecule has 0 aromatic heterocycles. The minimum Gasteiger partial charge on any atom is -0.507 e. The summed E-state index contributed by atoms with van der Waals surface area (Å²) in [6, 6.07) is 18.5. The summed E-state index contributed by atoms with van der Waals surface area (Å²) in [7, 11) is 0. The predicted octanol–water partition coefficient (Wildman–Crippen LogP) is 4.23. The van der Waals surface area contributed by atoms with Crippen LogP contribution in [0.15, 0.2) is 70.2 Å². The first-order valence-electron chi connectivity index (χ1n) is 8.00. The number of phenolic OH excluding ortho intramolecular Hbond substituents is 1. The van der Waals surface area contributed by atoms with Gasteiger partial charge in [-0.15, -0.1) is 0 Å². The number of aromatic hydroxyl groups is 1. The van der Waals surface area contributed by atoms with Crippen LogP contribution in [0.4, 0.5) is 0 Å². The smallest absolute Gasteiger partial charge is 0.280 e. The van der Waals surface area contributed by atoms with Gasteiger partial charge >= 0.3 is 0 Å². The molecule has 3 aromatic rings. The van der Waals surface area contributed by atoms with E-state index in [-0.39, 0.29) is 11.7 Å². The Morgan fingerprint density at radius 1 is 1.19 bits per heavy atom. The summed E-state index contributed by atoms with van der Waals surface area (Å²) < 4.78 is 6.59. The number of fused-ring (bicyclic) bond motifs is 1. The molecular weight excluding hydrogens is 396 g/mol. The van der Waals surface area contributed by atoms with Crippen molar-refractivity contribution < 1.29 is 14.6 Å². The molecule has 0 aliphatic heterocycles. The van der Waals surface area contributed by atoms with E-state index < -0.39 is 6.10 Å². The fourth-order valence-corrected chi connectivity index (χ4v) is 2.81. The number of halogens is 1. The van der Waals surface area contributed by atoms with Crippen LogP contribution in [0.1, 0.15) is 12.5 Å². The minimum absolute atomic E-state index is 0.0752. The van der Waals surface area contributed by atoms with Gasteiger partial charge in [0.05, 0.1) is 6.21 Å². The van der Waals surface area contributed by atoms with Gasteiger partial charge in [0.15, 0.2) is 6.10 Å². The highest BCUT2D eigenvalue weighted by molar-refractivity contribution is 9.10. The Morgan fingerprint density at radius 3 is 2.81 bits per heavy atom. The molecule has 1 amide bonds. The van der Waals surface area contributed by atoms with Crippen LogP contribution in [0.2, 0.25) is 0 Å². The zero-order valence-corrected chi connectivity index (χ0v) is 15.6. The molecule has 3 rings (SSSR count). The Balaban J connectivity index is 1.66. The third-order valence-corrected chi connectivity index (χ3v) is 4.28. The summed E-state index contributed by atoms with van der Waals surface area (Å²) >= 11 is 3.32. The highest BCUT2D eigenvalue weighted by Gasteiger charge is 2.15. The number of benzene rings is 3. The number of rotatable bonds is 5. The summed E-state index contributed by atoms with van der Waals surface area (Å²) in [6.45, 7) is 1.66. The summed E-state index contributed by atoms with van der Waals surface area (Å²) in [6.07, 6.45) is 0.650. The molecule has 0 radical (unpaired) electrons. The van der Waals surface area contributed by atoms with E-state index in [0.717, 1.165) is 15.2 Å². The lowest BCUT2D eigenvalue weighted by Crippen LogP contribution is -2.33. The van der Waals surface area contributed by atoms with Gasteiger partial charge in [0.25, 0.3) is 5.91 Å². The predicted molar refractivity (Wildman–Crippen MR) is 106 cm³/mol. The van der Waals surface area contributed by atoms with Crippen molar-refractivity contribution in [2.24, 2.45) is 5.10 Å². The highest BCUT2D eigenvalue weighted by Crippen LogP contribution is 2.26. The molecule has 0 saturated carbocycles. The van der Waals surface area contributed by atoms with Crippen LogP contribution in [0.25, 0.3) is 10.8 Å². The largest absolute Gasteiger partial charge is 0.507 e. The van der Waals surface area contributed by atoms with Crippen molar-refractivity contribution in [1.82, 2.24) is 5.43 Å². The van der Waals surface area contributed by atoms with Crippen LogP contribution in [0.3, 0.4) is 0 Å². The fraction of sp³-hybridized carbons (Fsp3) is 0.100. The van der Waals surface area contributed by atoms with E-state index in [1.807, 2.05) is 42.5 Å². The Hall–Kier alpha value is -2.86. The summed E-state index contributed by atoms with van der Waals surface area (Å²) in [5.74, 6) is 0.328. The number of hydrazone groups is 1. The van der Waals surface area contributed by atoms with Gasteiger partial charge in [-0.25, -0.2) is 5.43 Å². The second kappa shape index (κ2) is 8.01. The number of hydrogen-bond acceptors (Lipinski definition) is 4. The molecule has 0 heterocycles. The maximum Gasteiger partial charge on any atom is 0.280 e. The topological polar surface area (TPSA) is 70.9 Å². The maximum absolute atomic E-state index is 12.2. The van der Waals surface area contributed by atoms with Crippen molar-refractivity contribution in [2.45, 2.75) is 13.0 Å². The maximum atomic E-state index is 12.2. The van der Waals surface area contributed by atoms with Crippen LogP contribution in [-0.4, -0.2) is 23.3 Å². The zero-order chi connectivity index (χ0) is 18.5. The first-order valence-corrected chi connectivity index (χ1v) is 8.80. The fourth-order valence-electron chi connectivity index (χ4n) is 2.43. The number of carbonyl (C=O) groups is 1. The van der Waals surface area contributed by atoms with Gasteiger partial charge in [-0.3, -0.25) is 4.79 Å². The van der Waals surface area contributed by atoms with Crippen LogP contribution in [0.5, 0.6) is 11.5 Å². The second-order valence-electron chi connectivity index (χ2n) is 5.67.